The van der Waals surface area contributed by atoms with Crippen molar-refractivity contribution in [3.63, 3.8) is 0 Å². The predicted octanol–water partition coefficient (Wildman–Crippen LogP) is 1.77. The van der Waals surface area contributed by atoms with E-state index in [1.165, 1.54) is 26.2 Å². The molecule has 1 atom stereocenters. The standard InChI is InChI=1S/C10H13BrClNO4S/c1-6(14)5-13-18(15,16)9-4-7(12)3-8(11)10(9)17-2/h3-4,6,13-14H,5H2,1-2H3/t6-/m1/s1. The molecular weight excluding hydrogens is 346 g/mol. The molecule has 0 unspecified atom stereocenters. The van der Waals surface area contributed by atoms with Crippen molar-refractivity contribution < 1.29 is 18.3 Å². The summed E-state index contributed by atoms with van der Waals surface area (Å²) in [4.78, 5) is -0.0787. The number of aliphatic hydroxyl groups excluding tert-OH is 1. The van der Waals surface area contributed by atoms with Gasteiger partial charge in [0.1, 0.15) is 4.90 Å². The Kier molecular flexibility index (Phi) is 5.42. The van der Waals surface area contributed by atoms with E-state index in [1.807, 2.05) is 0 Å². The number of hydrogen-bond acceptors (Lipinski definition) is 4. The first-order chi connectivity index (χ1) is 8.27. The lowest BCUT2D eigenvalue weighted by molar-refractivity contribution is 0.198. The van der Waals surface area contributed by atoms with Crippen molar-refractivity contribution in [1.82, 2.24) is 4.72 Å². The molecule has 0 aromatic heterocycles. The summed E-state index contributed by atoms with van der Waals surface area (Å²) in [5, 5.41) is 9.37. The number of hydrogen-bond donors (Lipinski definition) is 2. The molecule has 1 aromatic carbocycles. The summed E-state index contributed by atoms with van der Waals surface area (Å²) in [5.74, 6) is 0.164. The van der Waals surface area contributed by atoms with Crippen LogP contribution in [0.15, 0.2) is 21.5 Å². The monoisotopic (exact) mass is 357 g/mol. The lowest BCUT2D eigenvalue weighted by Gasteiger charge is -2.13. The first-order valence-corrected chi connectivity index (χ1v) is 7.64. The highest BCUT2D eigenvalue weighted by Gasteiger charge is 2.22. The molecule has 0 bridgehead atoms. The van der Waals surface area contributed by atoms with Crippen LogP contribution in [0.5, 0.6) is 5.75 Å². The largest absolute Gasteiger partial charge is 0.494 e. The maximum atomic E-state index is 12.0. The molecule has 0 saturated heterocycles. The van der Waals surface area contributed by atoms with Gasteiger partial charge in [-0.05, 0) is 35.0 Å². The summed E-state index contributed by atoms with van der Waals surface area (Å²) in [5.41, 5.74) is 0. The number of methoxy groups -OCH3 is 1. The smallest absolute Gasteiger partial charge is 0.244 e. The van der Waals surface area contributed by atoms with Gasteiger partial charge in [-0.25, -0.2) is 13.1 Å². The molecule has 0 amide bonds. The van der Waals surface area contributed by atoms with Crippen LogP contribution in [0.25, 0.3) is 0 Å². The van der Waals surface area contributed by atoms with Crippen LogP contribution >= 0.6 is 27.5 Å². The third-order valence-electron chi connectivity index (χ3n) is 2.04. The van der Waals surface area contributed by atoms with Crippen LogP contribution in [-0.4, -0.2) is 33.3 Å². The highest BCUT2D eigenvalue weighted by molar-refractivity contribution is 9.10. The van der Waals surface area contributed by atoms with Gasteiger partial charge in [0, 0.05) is 11.6 Å². The van der Waals surface area contributed by atoms with E-state index in [0.717, 1.165) is 0 Å². The number of halogens is 2. The lowest BCUT2D eigenvalue weighted by Crippen LogP contribution is -2.31. The zero-order valence-electron chi connectivity index (χ0n) is 9.78. The average molecular weight is 359 g/mol. The predicted molar refractivity (Wildman–Crippen MR) is 72.6 cm³/mol. The van der Waals surface area contributed by atoms with Gasteiger partial charge in [-0.1, -0.05) is 11.6 Å². The van der Waals surface area contributed by atoms with E-state index in [0.29, 0.717) is 4.47 Å². The Morgan fingerprint density at radius 2 is 2.17 bits per heavy atom. The first-order valence-electron chi connectivity index (χ1n) is 4.98. The van der Waals surface area contributed by atoms with Crippen molar-refractivity contribution in [2.45, 2.75) is 17.9 Å². The van der Waals surface area contributed by atoms with E-state index >= 15 is 0 Å². The summed E-state index contributed by atoms with van der Waals surface area (Å²) in [6.45, 7) is 1.39. The molecule has 0 radical (unpaired) electrons. The number of benzene rings is 1. The van der Waals surface area contributed by atoms with E-state index < -0.39 is 16.1 Å². The van der Waals surface area contributed by atoms with Crippen molar-refractivity contribution in [1.29, 1.82) is 0 Å². The van der Waals surface area contributed by atoms with Crippen LogP contribution in [0.2, 0.25) is 5.02 Å². The van der Waals surface area contributed by atoms with Crippen LogP contribution in [0.1, 0.15) is 6.92 Å². The second-order valence-electron chi connectivity index (χ2n) is 3.62. The third-order valence-corrected chi connectivity index (χ3v) is 4.27. The second-order valence-corrected chi connectivity index (χ2v) is 6.65. The third kappa shape index (κ3) is 3.83. The van der Waals surface area contributed by atoms with Crippen LogP contribution < -0.4 is 9.46 Å². The van der Waals surface area contributed by atoms with Gasteiger partial charge >= 0.3 is 0 Å². The lowest BCUT2D eigenvalue weighted by atomic mass is 10.3. The van der Waals surface area contributed by atoms with Gasteiger partial charge in [0.15, 0.2) is 5.75 Å². The van der Waals surface area contributed by atoms with Crippen molar-refractivity contribution >= 4 is 37.6 Å². The molecule has 5 nitrogen and oxygen atoms in total. The Morgan fingerprint density at radius 3 is 2.67 bits per heavy atom. The van der Waals surface area contributed by atoms with Gasteiger partial charge in [0.25, 0.3) is 0 Å². The molecule has 1 aromatic rings. The second kappa shape index (κ2) is 6.21. The summed E-state index contributed by atoms with van der Waals surface area (Å²) >= 11 is 9.00. The van der Waals surface area contributed by atoms with Crippen LogP contribution in [0, 0.1) is 0 Å². The number of aliphatic hydroxyl groups is 1. The Bertz CT molecular complexity index is 533. The number of ether oxygens (including phenoxy) is 1. The average Bonchev–Trinajstić information content (AvgIpc) is 2.25. The van der Waals surface area contributed by atoms with Crippen molar-refractivity contribution in [2.75, 3.05) is 13.7 Å². The Hall–Kier alpha value is -0.340. The Labute approximate surface area is 119 Å². The highest BCUT2D eigenvalue weighted by atomic mass is 79.9. The van der Waals surface area contributed by atoms with E-state index in [1.54, 1.807) is 0 Å². The molecular formula is C10H13BrClNO4S. The summed E-state index contributed by atoms with van der Waals surface area (Å²) in [6, 6.07) is 2.82. The molecule has 2 N–H and O–H groups in total. The van der Waals surface area contributed by atoms with E-state index in [9.17, 15) is 8.42 Å². The number of nitrogens with one attached hydrogen (secondary N) is 1. The molecule has 0 aliphatic heterocycles. The fraction of sp³-hybridized carbons (Fsp3) is 0.400. The number of sulfonamides is 1. The minimum Gasteiger partial charge on any atom is -0.494 e. The fourth-order valence-corrected chi connectivity index (χ4v) is 3.75. The molecule has 0 aliphatic rings. The molecule has 0 heterocycles. The Balaban J connectivity index is 3.23. The van der Waals surface area contributed by atoms with Crippen molar-refractivity contribution in [3.8, 4) is 5.75 Å². The normalized spacial score (nSPS) is 13.4. The van der Waals surface area contributed by atoms with Crippen LogP contribution in [-0.2, 0) is 10.0 Å². The molecule has 8 heteroatoms. The molecule has 18 heavy (non-hydrogen) atoms. The van der Waals surface area contributed by atoms with Gasteiger partial charge in [0.2, 0.25) is 10.0 Å². The van der Waals surface area contributed by atoms with Crippen molar-refractivity contribution in [3.05, 3.63) is 21.6 Å². The molecule has 0 saturated carbocycles. The molecule has 0 aliphatic carbocycles. The number of rotatable bonds is 5. The van der Waals surface area contributed by atoms with E-state index in [4.69, 9.17) is 21.4 Å². The molecule has 0 fully saturated rings. The zero-order valence-corrected chi connectivity index (χ0v) is 12.9. The summed E-state index contributed by atoms with van der Waals surface area (Å²) in [7, 11) is -2.43. The van der Waals surface area contributed by atoms with E-state index in [-0.39, 0.29) is 22.2 Å². The molecule has 1 rings (SSSR count). The van der Waals surface area contributed by atoms with Gasteiger partial charge in [-0.2, -0.15) is 0 Å². The SMILES string of the molecule is COc1c(Br)cc(Cl)cc1S(=O)(=O)NC[C@@H](C)O. The van der Waals surface area contributed by atoms with Crippen LogP contribution in [0.4, 0.5) is 0 Å². The van der Waals surface area contributed by atoms with Gasteiger partial charge < -0.3 is 9.84 Å². The highest BCUT2D eigenvalue weighted by Crippen LogP contribution is 2.35. The molecule has 102 valence electrons. The quantitative estimate of drug-likeness (QED) is 0.841. The minimum absolute atomic E-state index is 0.0787. The summed E-state index contributed by atoms with van der Waals surface area (Å²) in [6.07, 6.45) is -0.784. The Morgan fingerprint density at radius 1 is 1.56 bits per heavy atom. The topological polar surface area (TPSA) is 75.6 Å². The van der Waals surface area contributed by atoms with Gasteiger partial charge in [-0.3, -0.25) is 0 Å². The fourth-order valence-electron chi connectivity index (χ4n) is 1.24. The van der Waals surface area contributed by atoms with Gasteiger partial charge in [0.05, 0.1) is 17.7 Å². The maximum absolute atomic E-state index is 12.0. The minimum atomic E-state index is -3.79. The molecule has 0 spiro atoms. The first kappa shape index (κ1) is 15.7. The zero-order chi connectivity index (χ0) is 13.9. The van der Waals surface area contributed by atoms with Gasteiger partial charge in [-0.15, -0.1) is 0 Å². The van der Waals surface area contributed by atoms with Crippen molar-refractivity contribution in [2.24, 2.45) is 0 Å². The maximum Gasteiger partial charge on any atom is 0.244 e. The summed E-state index contributed by atoms with van der Waals surface area (Å²) < 4.78 is 31.8. The van der Waals surface area contributed by atoms with E-state index in [2.05, 4.69) is 20.7 Å². The van der Waals surface area contributed by atoms with Crippen LogP contribution in [0.3, 0.4) is 0 Å².